The van der Waals surface area contributed by atoms with Crippen LogP contribution in [0.3, 0.4) is 0 Å². The lowest BCUT2D eigenvalue weighted by atomic mass is 9.41. The predicted molar refractivity (Wildman–Crippen MR) is 156 cm³/mol. The maximum absolute atomic E-state index is 13.8. The number of benzene rings is 1. The summed E-state index contributed by atoms with van der Waals surface area (Å²) in [5.41, 5.74) is -1.59. The fraction of sp³-hybridized carbons (Fsp3) is 0.613. The normalized spacial score (nSPS) is 40.0. The molecule has 0 aromatic heterocycles. The van der Waals surface area contributed by atoms with Crippen molar-refractivity contribution in [2.24, 2.45) is 45.0 Å². The minimum atomic E-state index is -1.44. The molecule has 3 aliphatic carbocycles. The highest BCUT2D eigenvalue weighted by Gasteiger charge is 2.70. The first-order valence-corrected chi connectivity index (χ1v) is 14.7. The second kappa shape index (κ2) is 10.3. The monoisotopic (exact) mass is 580 g/mol. The molecule has 1 aliphatic heterocycles. The van der Waals surface area contributed by atoms with Crippen molar-refractivity contribution < 1.29 is 39.5 Å². The summed E-state index contributed by atoms with van der Waals surface area (Å²) < 4.78 is 6.29. The highest BCUT2D eigenvalue weighted by atomic mass is 16.5. The molecule has 2 unspecified atom stereocenters. The van der Waals surface area contributed by atoms with Crippen LogP contribution < -0.4 is 10.2 Å². The lowest BCUT2D eigenvalue weighted by Gasteiger charge is -2.62. The number of aliphatic hydroxyl groups is 2. The summed E-state index contributed by atoms with van der Waals surface area (Å²) >= 11 is 0. The third kappa shape index (κ3) is 4.26. The van der Waals surface area contributed by atoms with Crippen molar-refractivity contribution in [2.45, 2.75) is 78.6 Å². The van der Waals surface area contributed by atoms with Gasteiger partial charge in [-0.3, -0.25) is 9.59 Å². The van der Waals surface area contributed by atoms with Gasteiger partial charge in [-0.25, -0.2) is 9.71 Å². The number of amides is 1. The number of carboxylic acid groups (broad SMARTS) is 1. The first-order chi connectivity index (χ1) is 19.6. The Morgan fingerprint density at radius 1 is 1.24 bits per heavy atom. The molecular weight excluding hydrogens is 539 g/mol. The minimum absolute atomic E-state index is 0.0810. The average Bonchev–Trinajstić information content (AvgIpc) is 3.22. The number of ether oxygens (including phenoxy) is 1. The number of hydrogen-bond acceptors (Lipinski definition) is 8. The molecule has 1 aromatic carbocycles. The highest BCUT2D eigenvalue weighted by molar-refractivity contribution is 6.67. The molecule has 1 amide bonds. The van der Waals surface area contributed by atoms with E-state index in [1.165, 1.54) is 19.2 Å². The van der Waals surface area contributed by atoms with Gasteiger partial charge in [0.15, 0.2) is 11.9 Å². The summed E-state index contributed by atoms with van der Waals surface area (Å²) in [7, 11) is -1.37. The van der Waals surface area contributed by atoms with Crippen LogP contribution in [0.2, 0.25) is 0 Å². The predicted octanol–water partition coefficient (Wildman–Crippen LogP) is 1.98. The Bertz CT molecular complexity index is 1350. The largest absolute Gasteiger partial charge is 0.478 e. The maximum atomic E-state index is 13.8. The molecule has 3 saturated carbocycles. The van der Waals surface area contributed by atoms with E-state index < -0.39 is 65.3 Å². The van der Waals surface area contributed by atoms with Gasteiger partial charge < -0.3 is 25.1 Å². The fourth-order valence-corrected chi connectivity index (χ4v) is 8.89. The number of aliphatic carboxylic acids is 1. The van der Waals surface area contributed by atoms with Gasteiger partial charge in [0.1, 0.15) is 11.9 Å². The van der Waals surface area contributed by atoms with Crippen LogP contribution in [-0.2, 0) is 14.4 Å². The minimum Gasteiger partial charge on any atom is -0.478 e. The molecule has 4 N–H and O–H groups in total. The summed E-state index contributed by atoms with van der Waals surface area (Å²) in [4.78, 5) is 39.8. The van der Waals surface area contributed by atoms with Crippen molar-refractivity contribution in [2.75, 3.05) is 0 Å². The van der Waals surface area contributed by atoms with Gasteiger partial charge in [0.25, 0.3) is 0 Å². The van der Waals surface area contributed by atoms with Crippen LogP contribution in [0.4, 0.5) is 0 Å². The van der Waals surface area contributed by atoms with Gasteiger partial charge in [-0.1, -0.05) is 39.8 Å². The van der Waals surface area contributed by atoms with Gasteiger partial charge in [0.2, 0.25) is 5.91 Å². The van der Waals surface area contributed by atoms with Crippen LogP contribution in [0, 0.1) is 39.9 Å². The number of rotatable bonds is 5. The van der Waals surface area contributed by atoms with Gasteiger partial charge >= 0.3 is 13.0 Å². The van der Waals surface area contributed by atoms with Crippen LogP contribution >= 0.6 is 0 Å². The van der Waals surface area contributed by atoms with Gasteiger partial charge in [-0.05, 0) is 71.5 Å². The second-order valence-electron chi connectivity index (χ2n) is 13.5. The van der Waals surface area contributed by atoms with Crippen LogP contribution in [0.5, 0.6) is 5.75 Å². The number of nitrogens with zero attached hydrogens (tertiary/aromatic N) is 2. The first-order valence-electron chi connectivity index (χ1n) is 14.7. The third-order valence-electron chi connectivity index (χ3n) is 11.6. The van der Waals surface area contributed by atoms with Crippen molar-refractivity contribution in [1.29, 1.82) is 0 Å². The molecule has 5 rings (SSSR count). The fourth-order valence-electron chi connectivity index (χ4n) is 8.89. The number of carboxylic acids is 1. The molecule has 4 aliphatic rings. The average molecular weight is 580 g/mol. The maximum Gasteiger partial charge on any atom is 0.474 e. The Hall–Kier alpha value is -3.02. The summed E-state index contributed by atoms with van der Waals surface area (Å²) in [5, 5.41) is 48.2. The quantitative estimate of drug-likeness (QED) is 0.304. The molecule has 0 radical (unpaired) electrons. The van der Waals surface area contributed by atoms with E-state index in [0.717, 1.165) is 4.92 Å². The van der Waals surface area contributed by atoms with Crippen molar-refractivity contribution >= 4 is 36.4 Å². The zero-order valence-electron chi connectivity index (χ0n) is 24.9. The van der Waals surface area contributed by atoms with Gasteiger partial charge in [-0.2, -0.15) is 5.10 Å². The summed E-state index contributed by atoms with van der Waals surface area (Å²) in [5.74, 6) is -3.65. The van der Waals surface area contributed by atoms with Gasteiger partial charge in [0, 0.05) is 24.2 Å². The standard InChI is InChI=1S/C31H41BN2O8/c1-7-29(5)13-21(30(6)16(2)10-11-31(17(3)27(29)38)14-23(36)24(37)26(30)31)25(28(39)40)42-20-9-8-19-15-33-34(18(4)35)32(41)22(19)12-20/h7-9,12,15-17,21,23,25-27,36,38,41H,1,10-11,13-14H2,2-6H3,(H,39,40)/t16-,17+,21+,23?,25?,26+,27+,29-,30-,31+/m1/s1. The van der Waals surface area contributed by atoms with E-state index in [1.54, 1.807) is 18.2 Å². The van der Waals surface area contributed by atoms with Crippen LogP contribution in [0.25, 0.3) is 0 Å². The number of carbonyl (C=O) groups excluding carboxylic acids is 2. The highest BCUT2D eigenvalue weighted by Crippen LogP contribution is 2.69. The van der Waals surface area contributed by atoms with Crippen LogP contribution in [-0.4, -0.2) is 74.5 Å². The van der Waals surface area contributed by atoms with E-state index in [9.17, 15) is 34.7 Å². The van der Waals surface area contributed by atoms with E-state index in [-0.39, 0.29) is 36.2 Å². The van der Waals surface area contributed by atoms with E-state index in [1.807, 2.05) is 27.7 Å². The smallest absolute Gasteiger partial charge is 0.474 e. The summed E-state index contributed by atoms with van der Waals surface area (Å²) in [6.07, 6.45) is 1.35. The van der Waals surface area contributed by atoms with Gasteiger partial charge in [-0.15, -0.1) is 6.58 Å². The number of hydrazone groups is 1. The zero-order chi connectivity index (χ0) is 30.9. The topological polar surface area (TPSA) is 157 Å². The van der Waals surface area contributed by atoms with E-state index in [4.69, 9.17) is 4.74 Å². The summed E-state index contributed by atoms with van der Waals surface area (Å²) in [6, 6.07) is 4.73. The molecule has 0 saturated heterocycles. The van der Waals surface area contributed by atoms with E-state index in [0.29, 0.717) is 23.9 Å². The van der Waals surface area contributed by atoms with Crippen molar-refractivity contribution in [3.8, 4) is 5.75 Å². The Morgan fingerprint density at radius 2 is 1.93 bits per heavy atom. The van der Waals surface area contributed by atoms with Crippen molar-refractivity contribution in [1.82, 2.24) is 4.92 Å². The first kappa shape index (κ1) is 30.4. The lowest BCUT2D eigenvalue weighted by Crippen LogP contribution is -2.63. The third-order valence-corrected chi connectivity index (χ3v) is 11.6. The Morgan fingerprint density at radius 3 is 2.55 bits per heavy atom. The summed E-state index contributed by atoms with van der Waals surface area (Å²) in [6.45, 7) is 13.1. The van der Waals surface area contributed by atoms with E-state index >= 15 is 0 Å². The number of aliphatic hydroxyl groups excluding tert-OH is 2. The molecule has 0 spiro atoms. The van der Waals surface area contributed by atoms with Crippen molar-refractivity contribution in [3.05, 3.63) is 36.4 Å². The number of hydrogen-bond donors (Lipinski definition) is 4. The zero-order valence-corrected chi connectivity index (χ0v) is 24.9. The Balaban J connectivity index is 1.64. The Kier molecular flexibility index (Phi) is 7.47. The van der Waals surface area contributed by atoms with E-state index in [2.05, 4.69) is 11.7 Å². The molecular formula is C31H41BN2O8. The molecule has 226 valence electrons. The SMILES string of the molecule is C=C[C@]1(C)C[C@@H](C(Oc2ccc3c(c2)B(O)N(C(C)=O)N=C3)C(=O)O)[C@@]2(C)[C@H](C)CC[C@]3(CC(O)C(=O)[C@H]32)[C@@H](C)[C@@H]1O. The van der Waals surface area contributed by atoms with Gasteiger partial charge in [0.05, 0.1) is 12.3 Å². The molecule has 11 heteroatoms. The lowest BCUT2D eigenvalue weighted by molar-refractivity contribution is -0.193. The molecule has 10 atom stereocenters. The molecule has 1 aromatic rings. The number of Topliss-reactive ketones (excluding diaryl/α,β-unsaturated/α-hetero) is 1. The molecule has 1 heterocycles. The van der Waals surface area contributed by atoms with Crippen molar-refractivity contribution in [3.63, 3.8) is 0 Å². The molecule has 10 nitrogen and oxygen atoms in total. The number of carbonyl (C=O) groups is 3. The molecule has 3 fully saturated rings. The van der Waals surface area contributed by atoms with Crippen LogP contribution in [0.15, 0.2) is 36.0 Å². The second-order valence-corrected chi connectivity index (χ2v) is 13.5. The number of ketones is 1. The Labute approximate surface area is 246 Å². The van der Waals surface area contributed by atoms with Crippen LogP contribution in [0.1, 0.15) is 65.9 Å². The number of fused-ring (bicyclic) bond motifs is 1. The molecule has 2 bridgehead atoms. The molecule has 42 heavy (non-hydrogen) atoms.